The van der Waals surface area contributed by atoms with E-state index < -0.39 is 0 Å². The Morgan fingerprint density at radius 1 is 1.23 bits per heavy atom. The van der Waals surface area contributed by atoms with Crippen LogP contribution in [-0.4, -0.2) is 42.4 Å². The Bertz CT molecular complexity index is 1460. The first kappa shape index (κ1) is 22.3. The summed E-state index contributed by atoms with van der Waals surface area (Å²) in [6, 6.07) is 11.1. The van der Waals surface area contributed by atoms with Gasteiger partial charge in [0.15, 0.2) is 5.65 Å². The van der Waals surface area contributed by atoms with Crippen LogP contribution in [0.25, 0.3) is 11.0 Å². The lowest BCUT2D eigenvalue weighted by atomic mass is 10.1. The molecule has 4 aromatic rings. The number of nitrogen functional groups attached to an aromatic ring is 1. The molecule has 4 heterocycles. The van der Waals surface area contributed by atoms with Crippen LogP contribution in [0, 0.1) is 18.8 Å². The highest BCUT2D eigenvalue weighted by atomic mass is 16.7. The zero-order valence-electron chi connectivity index (χ0n) is 19.4. The summed E-state index contributed by atoms with van der Waals surface area (Å²) in [5.74, 6) is 6.51. The number of pyridine rings is 1. The van der Waals surface area contributed by atoms with E-state index in [4.69, 9.17) is 10.6 Å². The van der Waals surface area contributed by atoms with Gasteiger partial charge in [0.1, 0.15) is 17.8 Å². The second-order valence-corrected chi connectivity index (χ2v) is 8.03. The highest BCUT2D eigenvalue weighted by Gasteiger charge is 2.31. The summed E-state index contributed by atoms with van der Waals surface area (Å²) in [6.45, 7) is 4.92. The van der Waals surface area contributed by atoms with E-state index in [0.29, 0.717) is 46.9 Å². The summed E-state index contributed by atoms with van der Waals surface area (Å²) >= 11 is 0. The number of carbonyl (C=O) groups excluding carboxylic acids is 1. The quantitative estimate of drug-likeness (QED) is 0.441. The Balaban J connectivity index is 1.40. The van der Waals surface area contributed by atoms with Gasteiger partial charge in [-0.15, -0.1) is 0 Å². The number of urea groups is 1. The maximum absolute atomic E-state index is 13.0. The third-order valence-corrected chi connectivity index (χ3v) is 5.80. The molecule has 0 aliphatic carbocycles. The molecule has 0 unspecified atom stereocenters. The van der Waals surface area contributed by atoms with Crippen LogP contribution in [0.5, 0.6) is 0 Å². The van der Waals surface area contributed by atoms with Crippen molar-refractivity contribution < 1.29 is 9.63 Å². The van der Waals surface area contributed by atoms with E-state index in [1.165, 1.54) is 11.4 Å². The molecular weight excluding hydrogens is 444 g/mol. The molecule has 1 fully saturated rings. The maximum Gasteiger partial charge on any atom is 0.346 e. The van der Waals surface area contributed by atoms with Crippen LogP contribution in [0.15, 0.2) is 48.9 Å². The Morgan fingerprint density at radius 3 is 2.86 bits per heavy atom. The lowest BCUT2D eigenvalue weighted by molar-refractivity contribution is -0.0829. The lowest BCUT2D eigenvalue weighted by Gasteiger charge is -2.23. The van der Waals surface area contributed by atoms with Crippen LogP contribution in [-0.2, 0) is 11.4 Å². The zero-order valence-corrected chi connectivity index (χ0v) is 19.4. The number of aryl methyl sites for hydroxylation is 2. The molecule has 0 saturated carbocycles. The molecule has 5 rings (SSSR count). The molecule has 0 bridgehead atoms. The fraction of sp³-hybridized carbons (Fsp3) is 0.240. The van der Waals surface area contributed by atoms with Gasteiger partial charge in [-0.05, 0) is 31.4 Å². The van der Waals surface area contributed by atoms with Crippen LogP contribution >= 0.6 is 0 Å². The molecule has 1 aliphatic heterocycles. The normalized spacial score (nSPS) is 15.1. The van der Waals surface area contributed by atoms with Crippen LogP contribution in [0.4, 0.5) is 16.3 Å². The average molecular weight is 469 g/mol. The van der Waals surface area contributed by atoms with Crippen molar-refractivity contribution in [3.8, 4) is 11.8 Å². The minimum atomic E-state index is -0.362. The standard InChI is InChI=1S/C25H24N8O2/c1-3-32-24-22(23(26)28-15-29-24)20(31-32)10-9-18-13-19(14-27-16(18)2)30-25(34)33-21(11-12-35-33)17-7-5-4-6-8-17/h4-8,13-15,21H,3,11-12H2,1-2H3,(H,30,34)(H2,26,28,29)/t21-/m1/s1. The second kappa shape index (κ2) is 9.40. The van der Waals surface area contributed by atoms with Crippen LogP contribution in [0.3, 0.4) is 0 Å². The van der Waals surface area contributed by atoms with E-state index in [0.717, 1.165) is 17.7 Å². The number of hydrogen-bond donors (Lipinski definition) is 2. The number of nitrogens with zero attached hydrogens (tertiary/aromatic N) is 6. The summed E-state index contributed by atoms with van der Waals surface area (Å²) < 4.78 is 1.73. The number of rotatable bonds is 3. The third kappa shape index (κ3) is 4.37. The van der Waals surface area contributed by atoms with Gasteiger partial charge < -0.3 is 11.1 Å². The van der Waals surface area contributed by atoms with E-state index in [2.05, 4.69) is 37.2 Å². The van der Waals surface area contributed by atoms with Gasteiger partial charge in [0, 0.05) is 18.5 Å². The maximum atomic E-state index is 13.0. The van der Waals surface area contributed by atoms with Crippen molar-refractivity contribution in [2.24, 2.45) is 0 Å². The van der Waals surface area contributed by atoms with Crippen molar-refractivity contribution in [2.45, 2.75) is 32.9 Å². The molecule has 10 nitrogen and oxygen atoms in total. The van der Waals surface area contributed by atoms with Gasteiger partial charge >= 0.3 is 6.03 Å². The molecule has 1 atom stereocenters. The van der Waals surface area contributed by atoms with Crippen molar-refractivity contribution in [1.29, 1.82) is 0 Å². The van der Waals surface area contributed by atoms with Gasteiger partial charge in [-0.1, -0.05) is 36.3 Å². The number of carbonyl (C=O) groups is 1. The Labute approximate surface area is 202 Å². The van der Waals surface area contributed by atoms with Crippen LogP contribution < -0.4 is 11.1 Å². The van der Waals surface area contributed by atoms with Crippen LogP contribution in [0.2, 0.25) is 0 Å². The van der Waals surface area contributed by atoms with Gasteiger partial charge in [-0.3, -0.25) is 9.82 Å². The van der Waals surface area contributed by atoms with Gasteiger partial charge in [0.25, 0.3) is 0 Å². The van der Waals surface area contributed by atoms with Gasteiger partial charge in [0.2, 0.25) is 0 Å². The smallest absolute Gasteiger partial charge is 0.346 e. The largest absolute Gasteiger partial charge is 0.383 e. The van der Waals surface area contributed by atoms with E-state index in [9.17, 15) is 4.79 Å². The highest BCUT2D eigenvalue weighted by molar-refractivity contribution is 5.91. The summed E-state index contributed by atoms with van der Waals surface area (Å²) in [5, 5.41) is 9.40. The molecule has 2 amide bonds. The Kier molecular flexibility index (Phi) is 5.99. The topological polar surface area (TPSA) is 124 Å². The zero-order chi connectivity index (χ0) is 24.4. The van der Waals surface area contributed by atoms with E-state index in [1.807, 2.05) is 44.2 Å². The molecule has 0 spiro atoms. The molecule has 3 aromatic heterocycles. The van der Waals surface area contributed by atoms with Crippen molar-refractivity contribution in [2.75, 3.05) is 17.7 Å². The predicted molar refractivity (Wildman–Crippen MR) is 131 cm³/mol. The van der Waals surface area contributed by atoms with Gasteiger partial charge in [0.05, 0.1) is 35.6 Å². The number of nitrogens with one attached hydrogen (secondary N) is 1. The summed E-state index contributed by atoms with van der Waals surface area (Å²) in [7, 11) is 0. The first-order valence-electron chi connectivity index (χ1n) is 11.3. The number of aromatic nitrogens is 5. The van der Waals surface area contributed by atoms with Crippen LogP contribution in [0.1, 0.15) is 41.9 Å². The molecule has 35 heavy (non-hydrogen) atoms. The Morgan fingerprint density at radius 2 is 2.06 bits per heavy atom. The monoisotopic (exact) mass is 468 g/mol. The van der Waals surface area contributed by atoms with Crippen molar-refractivity contribution in [1.82, 2.24) is 29.8 Å². The molecule has 3 N–H and O–H groups in total. The first-order chi connectivity index (χ1) is 17.0. The number of nitrogens with two attached hydrogens (primary N) is 1. The lowest BCUT2D eigenvalue weighted by Crippen LogP contribution is -2.33. The predicted octanol–water partition coefficient (Wildman–Crippen LogP) is 3.44. The number of anilines is 2. The SMILES string of the molecule is CCn1nc(C#Cc2cc(NC(=O)N3OCC[C@@H]3c3ccccc3)cnc2C)c2c(N)ncnc21. The molecule has 0 radical (unpaired) electrons. The number of hydroxylamine groups is 2. The van der Waals surface area contributed by atoms with Gasteiger partial charge in [-0.2, -0.15) is 10.2 Å². The molecular formula is C25H24N8O2. The minimum Gasteiger partial charge on any atom is -0.383 e. The van der Waals surface area contributed by atoms with E-state index >= 15 is 0 Å². The fourth-order valence-electron chi connectivity index (χ4n) is 4.02. The molecule has 176 valence electrons. The third-order valence-electron chi connectivity index (χ3n) is 5.80. The summed E-state index contributed by atoms with van der Waals surface area (Å²) in [5.41, 5.74) is 10.1. The minimum absolute atomic E-state index is 0.150. The molecule has 1 aliphatic rings. The molecule has 1 saturated heterocycles. The second-order valence-electron chi connectivity index (χ2n) is 8.03. The number of fused-ring (bicyclic) bond motifs is 1. The highest BCUT2D eigenvalue weighted by Crippen LogP contribution is 2.30. The van der Waals surface area contributed by atoms with Crippen molar-refractivity contribution >= 4 is 28.6 Å². The number of benzene rings is 1. The number of hydrogen-bond acceptors (Lipinski definition) is 7. The van der Waals surface area contributed by atoms with Gasteiger partial charge in [-0.25, -0.2) is 19.4 Å². The van der Waals surface area contributed by atoms with E-state index in [-0.39, 0.29) is 12.1 Å². The number of amides is 2. The molecule has 10 heteroatoms. The molecule has 1 aromatic carbocycles. The van der Waals surface area contributed by atoms with E-state index in [1.54, 1.807) is 16.9 Å². The summed E-state index contributed by atoms with van der Waals surface area (Å²) in [4.78, 5) is 31.3. The fourth-order valence-corrected chi connectivity index (χ4v) is 4.02. The van der Waals surface area contributed by atoms with Crippen molar-refractivity contribution in [3.05, 3.63) is 71.4 Å². The first-order valence-corrected chi connectivity index (χ1v) is 11.3. The average Bonchev–Trinajstić information content (AvgIpc) is 3.51. The Hall–Kier alpha value is -4.49. The van der Waals surface area contributed by atoms with Crippen molar-refractivity contribution in [3.63, 3.8) is 0 Å². The summed E-state index contributed by atoms with van der Waals surface area (Å²) in [6.07, 6.45) is 3.74.